The Bertz CT molecular complexity index is 344. The monoisotopic (exact) mass is 198 g/mol. The summed E-state index contributed by atoms with van der Waals surface area (Å²) in [6.07, 6.45) is 2.39. The zero-order chi connectivity index (χ0) is 9.47. The second kappa shape index (κ2) is 2.77. The second-order valence-corrected chi connectivity index (χ2v) is 4.14. The predicted octanol–water partition coefficient (Wildman–Crippen LogP) is 1.35. The van der Waals surface area contributed by atoms with E-state index in [0.717, 1.165) is 6.42 Å². The fourth-order valence-electron chi connectivity index (χ4n) is 1.54. The Morgan fingerprint density at radius 1 is 1.62 bits per heavy atom. The predicted molar refractivity (Wildman–Crippen MR) is 47.8 cm³/mol. The van der Waals surface area contributed by atoms with Crippen LogP contribution in [0.2, 0.25) is 0 Å². The lowest BCUT2D eigenvalue weighted by molar-refractivity contribution is -0.147. The van der Waals surface area contributed by atoms with Crippen LogP contribution >= 0.6 is 11.5 Å². The number of hydrogen-bond donors (Lipinski definition) is 1. The van der Waals surface area contributed by atoms with Gasteiger partial charge in [-0.3, -0.25) is 4.79 Å². The van der Waals surface area contributed by atoms with Gasteiger partial charge in [0.05, 0.1) is 0 Å². The smallest absolute Gasteiger partial charge is 0.316 e. The van der Waals surface area contributed by atoms with E-state index in [-0.39, 0.29) is 0 Å². The van der Waals surface area contributed by atoms with Crippen molar-refractivity contribution in [1.82, 2.24) is 9.36 Å². The Labute approximate surface area is 79.8 Å². The molecule has 1 heterocycles. The highest BCUT2D eigenvalue weighted by Crippen LogP contribution is 2.44. The highest BCUT2D eigenvalue weighted by Gasteiger charge is 2.48. The van der Waals surface area contributed by atoms with Crippen LogP contribution in [0.15, 0.2) is 0 Å². The maximum Gasteiger partial charge on any atom is 0.316 e. The summed E-state index contributed by atoms with van der Waals surface area (Å²) in [6, 6.07) is 0. The first-order valence-electron chi connectivity index (χ1n) is 4.19. The quantitative estimate of drug-likeness (QED) is 0.779. The van der Waals surface area contributed by atoms with Crippen LogP contribution in [0.1, 0.15) is 30.1 Å². The molecule has 70 valence electrons. The minimum atomic E-state index is -0.755. The molecule has 0 radical (unpaired) electrons. The van der Waals surface area contributed by atoms with Crippen LogP contribution < -0.4 is 0 Å². The van der Waals surface area contributed by atoms with Crippen LogP contribution in [0.25, 0.3) is 0 Å². The first-order chi connectivity index (χ1) is 6.15. The van der Waals surface area contributed by atoms with Gasteiger partial charge in [-0.15, -0.1) is 0 Å². The summed E-state index contributed by atoms with van der Waals surface area (Å²) in [6.45, 7) is 1.79. The summed E-state index contributed by atoms with van der Waals surface area (Å²) in [5.74, 6) is -0.0811. The molecular formula is C8H10N2O2S. The third kappa shape index (κ3) is 1.14. The number of hydrogen-bond acceptors (Lipinski definition) is 4. The molecule has 1 aromatic rings. The largest absolute Gasteiger partial charge is 0.481 e. The molecule has 0 amide bonds. The summed E-state index contributed by atoms with van der Waals surface area (Å²) in [5, 5.41) is 9.76. The summed E-state index contributed by atoms with van der Waals surface area (Å²) < 4.78 is 4.01. The van der Waals surface area contributed by atoms with Crippen molar-refractivity contribution in [2.24, 2.45) is 0 Å². The van der Waals surface area contributed by atoms with Crippen molar-refractivity contribution in [1.29, 1.82) is 0 Å². The van der Waals surface area contributed by atoms with Gasteiger partial charge in [0, 0.05) is 0 Å². The normalized spacial score (nSPS) is 19.5. The third-order valence-electron chi connectivity index (χ3n) is 2.55. The van der Waals surface area contributed by atoms with E-state index in [9.17, 15) is 4.79 Å². The Balaban J connectivity index is 2.37. The fourth-order valence-corrected chi connectivity index (χ4v) is 2.44. The zero-order valence-corrected chi connectivity index (χ0v) is 8.10. The number of carbonyl (C=O) groups is 1. The van der Waals surface area contributed by atoms with Gasteiger partial charge < -0.3 is 5.11 Å². The zero-order valence-electron chi connectivity index (χ0n) is 7.28. The van der Waals surface area contributed by atoms with Crippen molar-refractivity contribution in [3.05, 3.63) is 10.8 Å². The van der Waals surface area contributed by atoms with Crippen molar-refractivity contribution in [3.8, 4) is 0 Å². The number of aliphatic carboxylic acids is 1. The Kier molecular flexibility index (Phi) is 1.83. The minimum absolute atomic E-state index is 0.670. The average molecular weight is 198 g/mol. The van der Waals surface area contributed by atoms with Crippen LogP contribution in [0.3, 0.4) is 0 Å². The molecule has 1 saturated carbocycles. The molecule has 2 rings (SSSR count). The molecule has 0 aromatic carbocycles. The molecule has 0 atom stereocenters. The lowest BCUT2D eigenvalue weighted by Gasteiger charge is -2.34. The van der Waals surface area contributed by atoms with E-state index in [2.05, 4.69) is 9.36 Å². The van der Waals surface area contributed by atoms with E-state index in [1.807, 2.05) is 0 Å². The molecule has 1 fully saturated rings. The lowest BCUT2D eigenvalue weighted by atomic mass is 9.69. The molecule has 1 aliphatic rings. The van der Waals surface area contributed by atoms with Gasteiger partial charge in [0.2, 0.25) is 0 Å². The van der Waals surface area contributed by atoms with E-state index in [4.69, 9.17) is 5.11 Å². The highest BCUT2D eigenvalue weighted by molar-refractivity contribution is 7.05. The van der Waals surface area contributed by atoms with Gasteiger partial charge in [0.1, 0.15) is 16.2 Å². The summed E-state index contributed by atoms with van der Waals surface area (Å²) >= 11 is 1.22. The molecule has 1 N–H and O–H groups in total. The molecule has 0 saturated heterocycles. The van der Waals surface area contributed by atoms with Crippen molar-refractivity contribution in [2.45, 2.75) is 31.6 Å². The van der Waals surface area contributed by atoms with Crippen LogP contribution in [0, 0.1) is 6.92 Å². The van der Waals surface area contributed by atoms with Crippen LogP contribution in [-0.4, -0.2) is 20.4 Å². The Hall–Kier alpha value is -0.970. The van der Waals surface area contributed by atoms with E-state index < -0.39 is 11.4 Å². The maximum absolute atomic E-state index is 11.1. The van der Waals surface area contributed by atoms with Gasteiger partial charge in [-0.2, -0.15) is 4.37 Å². The number of rotatable bonds is 2. The van der Waals surface area contributed by atoms with Gasteiger partial charge in [-0.1, -0.05) is 6.42 Å². The number of carboxylic acids is 1. The second-order valence-electron chi connectivity index (χ2n) is 3.39. The molecule has 1 aromatic heterocycles. The van der Waals surface area contributed by atoms with Crippen LogP contribution in [0.4, 0.5) is 0 Å². The van der Waals surface area contributed by atoms with Gasteiger partial charge in [0.25, 0.3) is 0 Å². The molecule has 0 unspecified atom stereocenters. The van der Waals surface area contributed by atoms with Crippen LogP contribution in [0.5, 0.6) is 0 Å². The average Bonchev–Trinajstić information content (AvgIpc) is 2.32. The molecule has 0 spiro atoms. The fraction of sp³-hybridized carbons (Fsp3) is 0.625. The molecule has 4 nitrogen and oxygen atoms in total. The van der Waals surface area contributed by atoms with Crippen molar-refractivity contribution in [3.63, 3.8) is 0 Å². The Morgan fingerprint density at radius 3 is 2.62 bits per heavy atom. The first-order valence-corrected chi connectivity index (χ1v) is 4.97. The SMILES string of the molecule is Cc1nsc(C2(C(=O)O)CCC2)n1. The number of aryl methyl sites for hydroxylation is 1. The molecule has 1 aliphatic carbocycles. The van der Waals surface area contributed by atoms with Gasteiger partial charge in [-0.05, 0) is 31.3 Å². The number of aromatic nitrogens is 2. The van der Waals surface area contributed by atoms with Crippen LogP contribution in [-0.2, 0) is 10.2 Å². The van der Waals surface area contributed by atoms with E-state index >= 15 is 0 Å². The Morgan fingerprint density at radius 2 is 2.31 bits per heavy atom. The number of carboxylic acid groups (broad SMARTS) is 1. The first kappa shape index (κ1) is 8.62. The van der Waals surface area contributed by atoms with E-state index in [0.29, 0.717) is 23.7 Å². The van der Waals surface area contributed by atoms with Gasteiger partial charge in [-0.25, -0.2) is 4.98 Å². The molecule has 5 heteroatoms. The lowest BCUT2D eigenvalue weighted by Crippen LogP contribution is -2.42. The summed E-state index contributed by atoms with van der Waals surface area (Å²) in [5.41, 5.74) is -0.702. The van der Waals surface area contributed by atoms with E-state index in [1.165, 1.54) is 11.5 Å². The third-order valence-corrected chi connectivity index (χ3v) is 3.56. The molecule has 13 heavy (non-hydrogen) atoms. The van der Waals surface area contributed by atoms with E-state index in [1.54, 1.807) is 6.92 Å². The molecular weight excluding hydrogens is 188 g/mol. The summed E-state index contributed by atoms with van der Waals surface area (Å²) in [4.78, 5) is 15.2. The van der Waals surface area contributed by atoms with Gasteiger partial charge >= 0.3 is 5.97 Å². The molecule has 0 bridgehead atoms. The molecule has 0 aliphatic heterocycles. The van der Waals surface area contributed by atoms with Crippen molar-refractivity contribution >= 4 is 17.5 Å². The van der Waals surface area contributed by atoms with Gasteiger partial charge in [0.15, 0.2) is 0 Å². The van der Waals surface area contributed by atoms with Crippen molar-refractivity contribution < 1.29 is 9.90 Å². The van der Waals surface area contributed by atoms with Crippen molar-refractivity contribution in [2.75, 3.05) is 0 Å². The topological polar surface area (TPSA) is 63.1 Å². The highest BCUT2D eigenvalue weighted by atomic mass is 32.1. The standard InChI is InChI=1S/C8H10N2O2S/c1-5-9-6(13-10-5)8(7(11)12)3-2-4-8/h2-4H2,1H3,(H,11,12). The summed E-state index contributed by atoms with van der Waals surface area (Å²) in [7, 11) is 0. The maximum atomic E-state index is 11.1. The number of nitrogens with zero attached hydrogens (tertiary/aromatic N) is 2. The minimum Gasteiger partial charge on any atom is -0.481 e.